The fourth-order valence-electron chi connectivity index (χ4n) is 5.15. The van der Waals surface area contributed by atoms with Gasteiger partial charge in [0.05, 0.1) is 18.0 Å². The van der Waals surface area contributed by atoms with Crippen LogP contribution in [-0.4, -0.2) is 38.2 Å². The van der Waals surface area contributed by atoms with Crippen molar-refractivity contribution in [1.82, 2.24) is 19.2 Å². The third kappa shape index (κ3) is 4.09. The normalized spacial score (nSPS) is 18.1. The van der Waals surface area contributed by atoms with Crippen LogP contribution < -0.4 is 5.69 Å². The molecule has 1 atom stereocenters. The maximum atomic E-state index is 13.3. The van der Waals surface area contributed by atoms with Gasteiger partial charge in [0.15, 0.2) is 0 Å². The maximum Gasteiger partial charge on any atom is 0.350 e. The number of fused-ring (bicyclic) bond motifs is 1. The van der Waals surface area contributed by atoms with Gasteiger partial charge in [-0.05, 0) is 80.5 Å². The van der Waals surface area contributed by atoms with Gasteiger partial charge in [0.25, 0.3) is 0 Å². The van der Waals surface area contributed by atoms with Gasteiger partial charge in [-0.2, -0.15) is 5.10 Å². The summed E-state index contributed by atoms with van der Waals surface area (Å²) in [5, 5.41) is 5.79. The third-order valence-electron chi connectivity index (χ3n) is 7.26. The van der Waals surface area contributed by atoms with Gasteiger partial charge in [0.1, 0.15) is 11.4 Å². The van der Waals surface area contributed by atoms with Crippen molar-refractivity contribution in [3.8, 4) is 16.8 Å². The maximum absolute atomic E-state index is 13.3. The number of hydrogen-bond acceptors (Lipinski definition) is 4. The van der Waals surface area contributed by atoms with Crippen LogP contribution in [0.4, 0.5) is 0 Å². The zero-order chi connectivity index (χ0) is 24.1. The van der Waals surface area contributed by atoms with Gasteiger partial charge in [-0.15, -0.1) is 0 Å². The van der Waals surface area contributed by atoms with Crippen LogP contribution in [0.25, 0.3) is 27.8 Å². The molecular formula is C28H30N4O3. The van der Waals surface area contributed by atoms with Crippen molar-refractivity contribution in [3.05, 3.63) is 71.1 Å². The number of furan rings is 1. The lowest BCUT2D eigenvalue weighted by Gasteiger charge is -2.16. The highest BCUT2D eigenvalue weighted by atomic mass is 16.3. The number of carbonyl (C=O) groups is 1. The minimum atomic E-state index is -0.119. The lowest BCUT2D eigenvalue weighted by molar-refractivity contribution is -0.131. The molecule has 180 valence electrons. The van der Waals surface area contributed by atoms with E-state index in [9.17, 15) is 9.59 Å². The molecule has 0 spiro atoms. The second kappa shape index (κ2) is 8.56. The number of benzene rings is 2. The highest BCUT2D eigenvalue weighted by molar-refractivity contribution is 5.83. The van der Waals surface area contributed by atoms with Crippen molar-refractivity contribution >= 4 is 16.9 Å². The van der Waals surface area contributed by atoms with Gasteiger partial charge in [0, 0.05) is 30.8 Å². The molecule has 0 unspecified atom stereocenters. The lowest BCUT2D eigenvalue weighted by Crippen LogP contribution is -2.30. The van der Waals surface area contributed by atoms with Crippen LogP contribution in [0, 0.1) is 11.8 Å². The van der Waals surface area contributed by atoms with E-state index in [1.165, 1.54) is 0 Å². The van der Waals surface area contributed by atoms with Crippen molar-refractivity contribution < 1.29 is 9.21 Å². The van der Waals surface area contributed by atoms with E-state index in [1.54, 1.807) is 15.5 Å². The zero-order valence-corrected chi connectivity index (χ0v) is 20.2. The minimum absolute atomic E-state index is 0.0278. The molecule has 1 saturated heterocycles. The SMILES string of the molecule is CC(C)n1nc(C[C@@H]2CCN(C(=O)C3CC3)C2)n(-c2ccc(-c3ccc4occc4c3)cc2)c1=O. The molecule has 6 rings (SSSR count). The Morgan fingerprint density at radius 2 is 1.83 bits per heavy atom. The first-order chi connectivity index (χ1) is 17.0. The summed E-state index contributed by atoms with van der Waals surface area (Å²) < 4.78 is 8.77. The van der Waals surface area contributed by atoms with Crippen molar-refractivity contribution in [3.63, 3.8) is 0 Å². The average Bonchev–Trinajstić information content (AvgIpc) is 3.27. The fourth-order valence-corrected chi connectivity index (χ4v) is 5.15. The Bertz CT molecular complexity index is 1440. The summed E-state index contributed by atoms with van der Waals surface area (Å²) in [6.07, 6.45) is 5.40. The number of hydrogen-bond donors (Lipinski definition) is 0. The van der Waals surface area contributed by atoms with E-state index < -0.39 is 0 Å². The van der Waals surface area contributed by atoms with E-state index >= 15 is 0 Å². The predicted molar refractivity (Wildman–Crippen MR) is 135 cm³/mol. The molecule has 2 fully saturated rings. The molecule has 4 aromatic rings. The quantitative estimate of drug-likeness (QED) is 0.405. The topological polar surface area (TPSA) is 73.3 Å². The summed E-state index contributed by atoms with van der Waals surface area (Å²) in [5.74, 6) is 1.64. The molecule has 2 aromatic heterocycles. The van der Waals surface area contributed by atoms with Crippen molar-refractivity contribution in [1.29, 1.82) is 0 Å². The number of nitrogens with zero attached hydrogens (tertiary/aromatic N) is 4. The van der Waals surface area contributed by atoms with Crippen LogP contribution in [0.2, 0.25) is 0 Å². The van der Waals surface area contributed by atoms with Gasteiger partial charge in [0.2, 0.25) is 5.91 Å². The van der Waals surface area contributed by atoms with Gasteiger partial charge < -0.3 is 9.32 Å². The molecule has 0 N–H and O–H groups in total. The molecule has 7 nitrogen and oxygen atoms in total. The largest absolute Gasteiger partial charge is 0.464 e. The van der Waals surface area contributed by atoms with Crippen LogP contribution in [0.1, 0.15) is 45.0 Å². The number of rotatable bonds is 6. The molecule has 0 bridgehead atoms. The summed E-state index contributed by atoms with van der Waals surface area (Å²) in [4.78, 5) is 27.8. The molecule has 1 aliphatic heterocycles. The Labute approximate surface area is 204 Å². The van der Waals surface area contributed by atoms with E-state index in [1.807, 2.05) is 61.2 Å². The number of aromatic nitrogens is 3. The molecule has 1 saturated carbocycles. The average molecular weight is 471 g/mol. The number of amides is 1. The standard InChI is InChI=1S/C28H30N4O3/c1-18(2)32-28(34)31(26(29-32)15-19-11-13-30(17-19)27(33)21-3-4-21)24-8-5-20(6-9-24)22-7-10-25-23(16-22)12-14-35-25/h5-10,12,14,16,18-19,21H,3-4,11,13,15,17H2,1-2H3/t19-/m0/s1. The molecule has 0 radical (unpaired) electrons. The van der Waals surface area contributed by atoms with Crippen LogP contribution in [0.3, 0.4) is 0 Å². The first-order valence-electron chi connectivity index (χ1n) is 12.5. The predicted octanol–water partition coefficient (Wildman–Crippen LogP) is 4.83. The minimum Gasteiger partial charge on any atom is -0.464 e. The van der Waals surface area contributed by atoms with Crippen LogP contribution in [-0.2, 0) is 11.2 Å². The Hall–Kier alpha value is -3.61. The van der Waals surface area contributed by atoms with E-state index in [-0.39, 0.29) is 17.6 Å². The molecule has 35 heavy (non-hydrogen) atoms. The fraction of sp³-hybridized carbons (Fsp3) is 0.393. The number of carbonyl (C=O) groups excluding carboxylic acids is 1. The summed E-state index contributed by atoms with van der Waals surface area (Å²) in [5.41, 5.74) is 3.74. The molecule has 2 aliphatic rings. The van der Waals surface area contributed by atoms with Gasteiger partial charge in [-0.3, -0.25) is 4.79 Å². The summed E-state index contributed by atoms with van der Waals surface area (Å²) in [6, 6.07) is 16.1. The molecular weight excluding hydrogens is 440 g/mol. The first-order valence-corrected chi connectivity index (χ1v) is 12.5. The second-order valence-corrected chi connectivity index (χ2v) is 10.2. The molecule has 2 aromatic carbocycles. The van der Waals surface area contributed by atoms with Gasteiger partial charge in [-0.25, -0.2) is 14.0 Å². The molecule has 7 heteroatoms. The monoisotopic (exact) mass is 470 g/mol. The highest BCUT2D eigenvalue weighted by Crippen LogP contribution is 2.33. The lowest BCUT2D eigenvalue weighted by atomic mass is 10.0. The van der Waals surface area contributed by atoms with Crippen LogP contribution in [0.5, 0.6) is 0 Å². The van der Waals surface area contributed by atoms with Gasteiger partial charge in [-0.1, -0.05) is 18.2 Å². The smallest absolute Gasteiger partial charge is 0.350 e. The Kier molecular flexibility index (Phi) is 5.35. The van der Waals surface area contributed by atoms with Crippen molar-refractivity contribution in [2.24, 2.45) is 11.8 Å². The highest BCUT2D eigenvalue weighted by Gasteiger charge is 2.37. The second-order valence-electron chi connectivity index (χ2n) is 10.2. The summed E-state index contributed by atoms with van der Waals surface area (Å²) in [7, 11) is 0. The van der Waals surface area contributed by atoms with Gasteiger partial charge >= 0.3 is 5.69 Å². The summed E-state index contributed by atoms with van der Waals surface area (Å²) in [6.45, 7) is 5.52. The number of likely N-dealkylation sites (tertiary alicyclic amines) is 1. The van der Waals surface area contributed by atoms with Crippen molar-refractivity contribution in [2.75, 3.05) is 13.1 Å². The zero-order valence-electron chi connectivity index (χ0n) is 20.2. The molecule has 3 heterocycles. The molecule has 1 aliphatic carbocycles. The first kappa shape index (κ1) is 21.9. The van der Waals surface area contributed by atoms with E-state index in [0.29, 0.717) is 18.2 Å². The Morgan fingerprint density at radius 1 is 1.06 bits per heavy atom. The van der Waals surface area contributed by atoms with Crippen molar-refractivity contribution in [2.45, 2.75) is 45.6 Å². The van der Waals surface area contributed by atoms with Crippen LogP contribution in [0.15, 0.2) is 64.0 Å². The third-order valence-corrected chi connectivity index (χ3v) is 7.26. The summed E-state index contributed by atoms with van der Waals surface area (Å²) >= 11 is 0. The van der Waals surface area contributed by atoms with E-state index in [2.05, 4.69) is 6.07 Å². The van der Waals surface area contributed by atoms with E-state index in [0.717, 1.165) is 66.0 Å². The van der Waals surface area contributed by atoms with E-state index in [4.69, 9.17) is 9.52 Å². The van der Waals surface area contributed by atoms with Crippen LogP contribution >= 0.6 is 0 Å². The Balaban J connectivity index is 1.28. The Morgan fingerprint density at radius 3 is 2.57 bits per heavy atom. The molecule has 1 amide bonds.